The largest absolute Gasteiger partial charge is 0.507 e. The maximum absolute atomic E-state index is 13.6. The second-order valence-electron chi connectivity index (χ2n) is 11.5. The number of carbonyl (C=O) groups excluding carboxylic acids is 4. The second-order valence-corrected chi connectivity index (χ2v) is 11.5. The van der Waals surface area contributed by atoms with Crippen LogP contribution in [0.3, 0.4) is 0 Å². The smallest absolute Gasteiger partial charge is 0.342 e. The SMILES string of the molecule is C[C@H]1CCCC(=O)CCCC=Cc2cc(O)c(C(CC(=O)NCC(=O)Nc3ccccn3)c3ccc4c(c3)OCO4)c(O)c2C(=O)O1. The van der Waals surface area contributed by atoms with E-state index in [1.54, 1.807) is 55.5 Å². The highest BCUT2D eigenvalue weighted by atomic mass is 16.7. The van der Waals surface area contributed by atoms with Gasteiger partial charge in [-0.2, -0.15) is 0 Å². The average molecular weight is 644 g/mol. The lowest BCUT2D eigenvalue weighted by atomic mass is 9.84. The lowest BCUT2D eigenvalue weighted by Crippen LogP contribution is -2.33. The van der Waals surface area contributed by atoms with Crippen molar-refractivity contribution in [2.24, 2.45) is 0 Å². The van der Waals surface area contributed by atoms with Crippen molar-refractivity contribution in [2.45, 2.75) is 63.9 Å². The molecule has 2 aromatic carbocycles. The fourth-order valence-electron chi connectivity index (χ4n) is 5.60. The topological polar surface area (TPSA) is 173 Å². The zero-order chi connectivity index (χ0) is 33.3. The standard InChI is InChI=1S/C35H37N3O9/c1-21-8-7-11-24(39)10-4-2-3-9-23-16-26(40)33(34(43)32(23)35(44)47-21)25(22-13-14-27-28(17-22)46-20-45-27)18-30(41)37-19-31(42)38-29-12-5-6-15-36-29/h3,5-6,9,12-17,21,25,40,43H,2,4,7-8,10-11,18-20H2,1H3,(H,37,41)(H,36,38,42)/t21-,25?/m0/s1. The minimum absolute atomic E-state index is 0.00911. The number of allylic oxidation sites excluding steroid dienone is 1. The van der Waals surface area contributed by atoms with E-state index in [2.05, 4.69) is 15.6 Å². The van der Waals surface area contributed by atoms with E-state index in [-0.39, 0.29) is 48.0 Å². The summed E-state index contributed by atoms with van der Waals surface area (Å²) in [6, 6.07) is 11.3. The van der Waals surface area contributed by atoms with Crippen LogP contribution in [-0.2, 0) is 19.1 Å². The van der Waals surface area contributed by atoms with Crippen LogP contribution < -0.4 is 20.1 Å². The number of aromatic hydroxyl groups is 2. The summed E-state index contributed by atoms with van der Waals surface area (Å²) >= 11 is 0. The molecule has 1 unspecified atom stereocenters. The van der Waals surface area contributed by atoms with Crippen LogP contribution in [0, 0.1) is 0 Å². The van der Waals surface area contributed by atoms with E-state index in [9.17, 15) is 29.4 Å². The quantitative estimate of drug-likeness (QED) is 0.257. The van der Waals surface area contributed by atoms with Gasteiger partial charge in [-0.3, -0.25) is 14.4 Å². The molecular formula is C35H37N3O9. The number of amides is 2. The van der Waals surface area contributed by atoms with Gasteiger partial charge in [0.25, 0.3) is 0 Å². The number of pyridine rings is 1. The van der Waals surface area contributed by atoms with E-state index in [0.717, 1.165) is 0 Å². The number of ether oxygens (including phenoxy) is 3. The number of rotatable bonds is 7. The Morgan fingerprint density at radius 2 is 1.83 bits per heavy atom. The van der Waals surface area contributed by atoms with Crippen LogP contribution in [0.4, 0.5) is 5.82 Å². The number of ketones is 1. The van der Waals surface area contributed by atoms with Gasteiger partial charge in [0.05, 0.1) is 12.6 Å². The summed E-state index contributed by atoms with van der Waals surface area (Å²) in [4.78, 5) is 55.5. The summed E-state index contributed by atoms with van der Waals surface area (Å²) in [7, 11) is 0. The van der Waals surface area contributed by atoms with Gasteiger partial charge in [-0.25, -0.2) is 9.78 Å². The highest BCUT2D eigenvalue weighted by Gasteiger charge is 2.32. The van der Waals surface area contributed by atoms with Gasteiger partial charge < -0.3 is 35.1 Å². The molecule has 0 saturated carbocycles. The first-order valence-electron chi connectivity index (χ1n) is 15.5. The van der Waals surface area contributed by atoms with Crippen LogP contribution >= 0.6 is 0 Å². The molecule has 47 heavy (non-hydrogen) atoms. The number of nitrogens with one attached hydrogen (secondary N) is 2. The predicted octanol–water partition coefficient (Wildman–Crippen LogP) is 4.98. The number of hydrogen-bond acceptors (Lipinski definition) is 10. The van der Waals surface area contributed by atoms with Gasteiger partial charge >= 0.3 is 5.97 Å². The molecule has 246 valence electrons. The van der Waals surface area contributed by atoms with Crippen molar-refractivity contribution in [3.8, 4) is 23.0 Å². The molecule has 3 aromatic rings. The third-order valence-electron chi connectivity index (χ3n) is 7.97. The van der Waals surface area contributed by atoms with Crippen LogP contribution in [0.15, 0.2) is 54.7 Å². The number of cyclic esters (lactones) is 1. The Morgan fingerprint density at radius 1 is 1.02 bits per heavy atom. The van der Waals surface area contributed by atoms with Gasteiger partial charge in [-0.15, -0.1) is 0 Å². The number of phenolic OH excluding ortho intramolecular Hbond substituents is 2. The minimum atomic E-state index is -0.984. The Hall–Kier alpha value is -5.39. The first-order valence-corrected chi connectivity index (χ1v) is 15.5. The Kier molecular flexibility index (Phi) is 10.7. The van der Waals surface area contributed by atoms with E-state index in [1.807, 2.05) is 0 Å². The van der Waals surface area contributed by atoms with Crippen molar-refractivity contribution in [1.82, 2.24) is 10.3 Å². The predicted molar refractivity (Wildman–Crippen MR) is 171 cm³/mol. The molecule has 0 aliphatic carbocycles. The summed E-state index contributed by atoms with van der Waals surface area (Å²) in [5.74, 6) is -2.36. The van der Waals surface area contributed by atoms with E-state index in [1.165, 1.54) is 12.3 Å². The van der Waals surface area contributed by atoms with E-state index in [4.69, 9.17) is 14.2 Å². The molecule has 0 fully saturated rings. The Balaban J connectivity index is 1.48. The molecule has 5 rings (SSSR count). The highest BCUT2D eigenvalue weighted by molar-refractivity contribution is 5.98. The molecule has 0 radical (unpaired) electrons. The van der Waals surface area contributed by atoms with Crippen molar-refractivity contribution >= 4 is 35.5 Å². The fourth-order valence-corrected chi connectivity index (χ4v) is 5.60. The van der Waals surface area contributed by atoms with Gasteiger partial charge in [0.1, 0.15) is 28.7 Å². The number of anilines is 1. The molecule has 3 heterocycles. The fraction of sp³-hybridized carbons (Fsp3) is 0.343. The number of nitrogens with zero attached hydrogens (tertiary/aromatic N) is 1. The zero-order valence-corrected chi connectivity index (χ0v) is 26.0. The molecule has 4 N–H and O–H groups in total. The van der Waals surface area contributed by atoms with Crippen molar-refractivity contribution in [1.29, 1.82) is 0 Å². The lowest BCUT2D eigenvalue weighted by molar-refractivity contribution is -0.124. The van der Waals surface area contributed by atoms with Crippen LogP contribution in [0.1, 0.15) is 84.8 Å². The lowest BCUT2D eigenvalue weighted by Gasteiger charge is -2.23. The molecule has 2 amide bonds. The maximum Gasteiger partial charge on any atom is 0.342 e. The molecule has 2 aliphatic heterocycles. The number of fused-ring (bicyclic) bond motifs is 2. The Labute approximate surface area is 271 Å². The van der Waals surface area contributed by atoms with Crippen molar-refractivity contribution in [3.63, 3.8) is 0 Å². The molecule has 1 aromatic heterocycles. The highest BCUT2D eigenvalue weighted by Crippen LogP contribution is 2.46. The van der Waals surface area contributed by atoms with E-state index >= 15 is 0 Å². The van der Waals surface area contributed by atoms with Crippen LogP contribution in [0.25, 0.3) is 6.08 Å². The minimum Gasteiger partial charge on any atom is -0.507 e. The first-order chi connectivity index (χ1) is 22.7. The summed E-state index contributed by atoms with van der Waals surface area (Å²) in [6.07, 6.45) is 7.07. The number of esters is 1. The molecule has 0 saturated heterocycles. The average Bonchev–Trinajstić information content (AvgIpc) is 3.51. The zero-order valence-electron chi connectivity index (χ0n) is 26.0. The Bertz CT molecular complexity index is 1670. The third kappa shape index (κ3) is 8.46. The van der Waals surface area contributed by atoms with Crippen LogP contribution in [0.2, 0.25) is 0 Å². The summed E-state index contributed by atoms with van der Waals surface area (Å²) in [5, 5.41) is 28.3. The first kappa shape index (κ1) is 33.0. The van der Waals surface area contributed by atoms with E-state index < -0.39 is 35.6 Å². The Morgan fingerprint density at radius 3 is 2.64 bits per heavy atom. The van der Waals surface area contributed by atoms with E-state index in [0.29, 0.717) is 61.4 Å². The summed E-state index contributed by atoms with van der Waals surface area (Å²) in [5.41, 5.74) is 0.482. The number of Topliss-reactive ketones (excluding diaryl/α,β-unsaturated/α-hetero) is 1. The van der Waals surface area contributed by atoms with Crippen molar-refractivity contribution < 1.29 is 43.6 Å². The third-order valence-corrected chi connectivity index (χ3v) is 7.97. The normalized spacial score (nSPS) is 17.2. The molecule has 12 nitrogen and oxygen atoms in total. The van der Waals surface area contributed by atoms with Crippen LogP contribution in [0.5, 0.6) is 23.0 Å². The summed E-state index contributed by atoms with van der Waals surface area (Å²) in [6.45, 7) is 1.37. The number of phenols is 2. The molecule has 0 bridgehead atoms. The van der Waals surface area contributed by atoms with Gasteiger partial charge in [0, 0.05) is 36.9 Å². The number of benzene rings is 2. The molecular weight excluding hydrogens is 606 g/mol. The second kappa shape index (κ2) is 15.3. The van der Waals surface area contributed by atoms with Gasteiger partial charge in [0.2, 0.25) is 18.6 Å². The van der Waals surface area contributed by atoms with Crippen molar-refractivity contribution in [2.75, 3.05) is 18.7 Å². The maximum atomic E-state index is 13.6. The van der Waals surface area contributed by atoms with Gasteiger partial charge in [-0.05, 0) is 74.1 Å². The number of hydrogen-bond donors (Lipinski definition) is 4. The molecule has 2 aliphatic rings. The summed E-state index contributed by atoms with van der Waals surface area (Å²) < 4.78 is 16.7. The molecule has 12 heteroatoms. The number of aromatic nitrogens is 1. The van der Waals surface area contributed by atoms with Crippen LogP contribution in [-0.4, -0.2) is 58.2 Å². The molecule has 0 spiro atoms. The van der Waals surface area contributed by atoms with Gasteiger partial charge in [-0.1, -0.05) is 24.3 Å². The number of carbonyl (C=O) groups is 4. The monoisotopic (exact) mass is 643 g/mol. The van der Waals surface area contributed by atoms with Gasteiger partial charge in [0.15, 0.2) is 11.5 Å². The van der Waals surface area contributed by atoms with Crippen molar-refractivity contribution in [3.05, 3.63) is 77.0 Å². The molecule has 2 atom stereocenters.